The van der Waals surface area contributed by atoms with Crippen molar-refractivity contribution in [2.24, 2.45) is 0 Å². The zero-order chi connectivity index (χ0) is 18.9. The van der Waals surface area contributed by atoms with Crippen LogP contribution < -0.4 is 16.0 Å². The van der Waals surface area contributed by atoms with Gasteiger partial charge in [-0.05, 0) is 24.3 Å². The molecule has 132 valence electrons. The molecule has 1 aromatic heterocycles. The predicted octanol–water partition coefficient (Wildman–Crippen LogP) is 2.13. The Kier molecular flexibility index (Phi) is 6.29. The molecule has 0 fully saturated rings. The molecule has 0 bridgehead atoms. The minimum atomic E-state index is -1.01. The average molecular weight is 351 g/mol. The number of carboxylic acid groups (broad SMARTS) is 1. The van der Waals surface area contributed by atoms with E-state index in [9.17, 15) is 4.79 Å². The van der Waals surface area contributed by atoms with Gasteiger partial charge < -0.3 is 21.1 Å². The Balaban J connectivity index is 2.25. The number of aromatic nitrogens is 2. The Morgan fingerprint density at radius 3 is 2.31 bits per heavy atom. The van der Waals surface area contributed by atoms with Crippen molar-refractivity contribution in [3.8, 4) is 12.1 Å². The van der Waals surface area contributed by atoms with Crippen molar-refractivity contribution in [1.82, 2.24) is 9.97 Å². The highest BCUT2D eigenvalue weighted by molar-refractivity contribution is 5.88. The number of nitrogens with zero attached hydrogens (tertiary/aromatic N) is 5. The monoisotopic (exact) mass is 351 g/mol. The van der Waals surface area contributed by atoms with Crippen LogP contribution in [0.4, 0.5) is 23.0 Å². The van der Waals surface area contributed by atoms with Crippen molar-refractivity contribution in [3.63, 3.8) is 0 Å². The molecule has 4 N–H and O–H groups in total. The molecule has 0 unspecified atom stereocenters. The van der Waals surface area contributed by atoms with Gasteiger partial charge in [-0.15, -0.1) is 0 Å². The van der Waals surface area contributed by atoms with Crippen LogP contribution in [-0.4, -0.2) is 34.1 Å². The summed E-state index contributed by atoms with van der Waals surface area (Å²) in [5.41, 5.74) is 7.24. The van der Waals surface area contributed by atoms with E-state index in [0.717, 1.165) is 0 Å². The van der Waals surface area contributed by atoms with Crippen LogP contribution in [-0.2, 0) is 0 Å². The summed E-state index contributed by atoms with van der Waals surface area (Å²) < 4.78 is 0. The summed E-state index contributed by atoms with van der Waals surface area (Å²) in [6.45, 7) is 0.790. The highest BCUT2D eigenvalue weighted by Crippen LogP contribution is 2.28. The summed E-state index contributed by atoms with van der Waals surface area (Å²) in [6, 6.07) is 10.3. The van der Waals surface area contributed by atoms with E-state index >= 15 is 0 Å². The molecule has 0 amide bonds. The van der Waals surface area contributed by atoms with Gasteiger partial charge in [0.25, 0.3) is 0 Å². The van der Waals surface area contributed by atoms with Crippen molar-refractivity contribution in [3.05, 3.63) is 36.2 Å². The molecule has 26 heavy (non-hydrogen) atoms. The van der Waals surface area contributed by atoms with Crippen LogP contribution in [0.15, 0.2) is 30.6 Å². The fraction of sp³-hybridized carbons (Fsp3) is 0.235. The second-order valence-electron chi connectivity index (χ2n) is 5.27. The Morgan fingerprint density at radius 1 is 1.15 bits per heavy atom. The molecular weight excluding hydrogens is 334 g/mol. The van der Waals surface area contributed by atoms with Crippen molar-refractivity contribution in [2.45, 2.75) is 12.8 Å². The lowest BCUT2D eigenvalue weighted by atomic mass is 10.2. The summed E-state index contributed by atoms with van der Waals surface area (Å²) in [7, 11) is 0. The van der Waals surface area contributed by atoms with E-state index in [0.29, 0.717) is 30.4 Å². The predicted molar refractivity (Wildman–Crippen MR) is 95.8 cm³/mol. The van der Waals surface area contributed by atoms with E-state index in [-0.39, 0.29) is 24.1 Å². The third-order valence-electron chi connectivity index (χ3n) is 3.54. The van der Waals surface area contributed by atoms with E-state index in [1.807, 2.05) is 0 Å². The average Bonchev–Trinajstić information content (AvgIpc) is 2.64. The smallest absolute Gasteiger partial charge is 0.335 e. The van der Waals surface area contributed by atoms with Crippen LogP contribution in [0.5, 0.6) is 0 Å². The summed E-state index contributed by atoms with van der Waals surface area (Å²) >= 11 is 0. The number of anilines is 4. The number of nitrogens with two attached hydrogens (primary N) is 1. The maximum atomic E-state index is 10.9. The number of hydrogen-bond donors (Lipinski definition) is 3. The Hall–Kier alpha value is -3.85. The Morgan fingerprint density at radius 2 is 1.77 bits per heavy atom. The first-order chi connectivity index (χ1) is 12.6. The van der Waals surface area contributed by atoms with Gasteiger partial charge in [-0.2, -0.15) is 10.5 Å². The first kappa shape index (κ1) is 18.5. The van der Waals surface area contributed by atoms with Gasteiger partial charge in [-0.25, -0.2) is 14.8 Å². The largest absolute Gasteiger partial charge is 0.478 e. The van der Waals surface area contributed by atoms with Gasteiger partial charge in [0, 0.05) is 18.8 Å². The minimum Gasteiger partial charge on any atom is -0.478 e. The number of rotatable bonds is 8. The van der Waals surface area contributed by atoms with Crippen LogP contribution >= 0.6 is 0 Å². The third kappa shape index (κ3) is 4.58. The summed E-state index contributed by atoms with van der Waals surface area (Å²) in [4.78, 5) is 21.0. The van der Waals surface area contributed by atoms with Gasteiger partial charge in [0.1, 0.15) is 12.0 Å². The summed E-state index contributed by atoms with van der Waals surface area (Å²) in [5.74, 6) is -0.210. The van der Waals surface area contributed by atoms with Gasteiger partial charge in [-0.1, -0.05) is 0 Å². The molecule has 2 aromatic rings. The molecule has 0 atom stereocenters. The number of carboxylic acids is 1. The van der Waals surface area contributed by atoms with Gasteiger partial charge >= 0.3 is 5.97 Å². The van der Waals surface area contributed by atoms with Gasteiger partial charge in [0.05, 0.1) is 30.5 Å². The highest BCUT2D eigenvalue weighted by atomic mass is 16.4. The number of hydrogen-bond acceptors (Lipinski definition) is 8. The number of benzene rings is 1. The number of carbonyl (C=O) groups is 1. The molecule has 0 saturated carbocycles. The molecule has 9 heteroatoms. The zero-order valence-electron chi connectivity index (χ0n) is 13.9. The number of aromatic carboxylic acids is 1. The fourth-order valence-electron chi connectivity index (χ4n) is 2.26. The van der Waals surface area contributed by atoms with E-state index in [1.54, 1.807) is 17.0 Å². The fourth-order valence-corrected chi connectivity index (χ4v) is 2.26. The third-order valence-corrected chi connectivity index (χ3v) is 3.54. The maximum Gasteiger partial charge on any atom is 0.335 e. The molecule has 1 aromatic carbocycles. The van der Waals surface area contributed by atoms with Crippen LogP contribution in [0.2, 0.25) is 0 Å². The molecule has 9 nitrogen and oxygen atoms in total. The Labute approximate surface area is 150 Å². The molecule has 2 rings (SSSR count). The van der Waals surface area contributed by atoms with Gasteiger partial charge in [0.15, 0.2) is 11.6 Å². The molecule has 0 spiro atoms. The van der Waals surface area contributed by atoms with Crippen LogP contribution in [0.3, 0.4) is 0 Å². The SMILES string of the molecule is N#CCCN(CCC#N)c1ncnc(Nc2ccc(C(=O)O)cc2)c1N. The van der Waals surface area contributed by atoms with Gasteiger partial charge in [-0.3, -0.25) is 0 Å². The first-order valence-electron chi connectivity index (χ1n) is 7.76. The normalized spacial score (nSPS) is 9.77. The molecule has 0 aliphatic carbocycles. The number of nitrogen functional groups attached to an aromatic ring is 1. The minimum absolute atomic E-state index is 0.172. The van der Waals surface area contributed by atoms with E-state index in [4.69, 9.17) is 21.4 Å². The molecule has 0 aliphatic heterocycles. The van der Waals surface area contributed by atoms with E-state index in [1.165, 1.54) is 18.5 Å². The summed E-state index contributed by atoms with van der Waals surface area (Å²) in [5, 5.41) is 29.6. The summed E-state index contributed by atoms with van der Waals surface area (Å²) in [6.07, 6.45) is 1.88. The molecule has 1 heterocycles. The first-order valence-corrected chi connectivity index (χ1v) is 7.76. The van der Waals surface area contributed by atoms with E-state index in [2.05, 4.69) is 27.4 Å². The molecule has 0 saturated heterocycles. The second-order valence-corrected chi connectivity index (χ2v) is 5.27. The second kappa shape index (κ2) is 8.85. The lowest BCUT2D eigenvalue weighted by Gasteiger charge is -2.23. The zero-order valence-corrected chi connectivity index (χ0v) is 13.9. The van der Waals surface area contributed by atoms with Gasteiger partial charge in [0.2, 0.25) is 0 Å². The topological polar surface area (TPSA) is 152 Å². The molecular formula is C17H17N7O2. The lowest BCUT2D eigenvalue weighted by Crippen LogP contribution is -2.27. The molecule has 0 aliphatic rings. The van der Waals surface area contributed by atoms with Crippen molar-refractivity contribution in [2.75, 3.05) is 29.0 Å². The standard InChI is InChI=1S/C17H17N7O2/c18-7-1-9-24(10-2-8-19)16-14(20)15(21-11-22-16)23-13-5-3-12(4-6-13)17(25)26/h3-6,11H,1-2,9-10,20H2,(H,25,26)(H,21,22,23). The van der Waals surface area contributed by atoms with E-state index < -0.39 is 5.97 Å². The maximum absolute atomic E-state index is 10.9. The Bertz CT molecular complexity index is 835. The molecule has 0 radical (unpaired) electrons. The highest BCUT2D eigenvalue weighted by Gasteiger charge is 2.15. The van der Waals surface area contributed by atoms with Crippen LogP contribution in [0.1, 0.15) is 23.2 Å². The van der Waals surface area contributed by atoms with Crippen LogP contribution in [0, 0.1) is 22.7 Å². The van der Waals surface area contributed by atoms with Crippen LogP contribution in [0.25, 0.3) is 0 Å². The number of nitrogens with one attached hydrogen (secondary N) is 1. The quantitative estimate of drug-likeness (QED) is 0.649. The van der Waals surface area contributed by atoms with Crippen molar-refractivity contribution in [1.29, 1.82) is 10.5 Å². The van der Waals surface area contributed by atoms with Crippen molar-refractivity contribution >= 4 is 29.0 Å². The number of nitriles is 2. The van der Waals surface area contributed by atoms with Crippen molar-refractivity contribution < 1.29 is 9.90 Å². The lowest BCUT2D eigenvalue weighted by molar-refractivity contribution is 0.0697.